The van der Waals surface area contributed by atoms with Crippen molar-refractivity contribution in [3.8, 4) is 0 Å². The topological polar surface area (TPSA) is 58.7 Å². The molecule has 0 aliphatic carbocycles. The molecule has 1 aliphatic rings. The molecule has 0 saturated carbocycles. The molecule has 0 spiro atoms. The second-order valence-electron chi connectivity index (χ2n) is 4.61. The summed E-state index contributed by atoms with van der Waals surface area (Å²) in [6.45, 7) is 9.23. The molecular weight excluding hydrogens is 253 g/mol. The predicted molar refractivity (Wildman–Crippen MR) is 77.4 cm³/mol. The lowest BCUT2D eigenvalue weighted by atomic mass is 9.79. The summed E-state index contributed by atoms with van der Waals surface area (Å²) in [7, 11) is -0.822. The lowest BCUT2D eigenvalue weighted by Crippen LogP contribution is -2.27. The Morgan fingerprint density at radius 1 is 1.40 bits per heavy atom. The lowest BCUT2D eigenvalue weighted by molar-refractivity contribution is 0.275. The van der Waals surface area contributed by atoms with E-state index in [0.717, 1.165) is 16.7 Å². The van der Waals surface area contributed by atoms with Gasteiger partial charge in [-0.05, 0) is 36.1 Å². The largest absolute Gasteiger partial charge is 0.491 e. The van der Waals surface area contributed by atoms with Crippen molar-refractivity contribution in [2.24, 2.45) is 0 Å². The van der Waals surface area contributed by atoms with Gasteiger partial charge in [0.1, 0.15) is 5.82 Å². The molecule has 5 nitrogen and oxygen atoms in total. The van der Waals surface area contributed by atoms with E-state index in [-0.39, 0.29) is 0 Å². The average Bonchev–Trinajstić information content (AvgIpc) is 2.80. The van der Waals surface area contributed by atoms with Gasteiger partial charge in [0, 0.05) is 11.4 Å². The van der Waals surface area contributed by atoms with Gasteiger partial charge in [-0.25, -0.2) is 9.83 Å². The van der Waals surface area contributed by atoms with Crippen LogP contribution in [0.4, 0.5) is 17.2 Å². The lowest BCUT2D eigenvalue weighted by Gasteiger charge is -2.08. The van der Waals surface area contributed by atoms with E-state index >= 15 is 0 Å². The van der Waals surface area contributed by atoms with Gasteiger partial charge in [-0.2, -0.15) is 0 Å². The normalized spacial score (nSPS) is 12.9. The monoisotopic (exact) mass is 265 g/mol. The van der Waals surface area contributed by atoms with Crippen molar-refractivity contribution in [2.75, 3.05) is 5.32 Å². The molecule has 0 atom stereocenters. The van der Waals surface area contributed by atoms with Gasteiger partial charge in [-0.15, -0.1) is 0 Å². The van der Waals surface area contributed by atoms with Crippen molar-refractivity contribution in [3.63, 3.8) is 0 Å². The zero-order chi connectivity index (χ0) is 14.1. The minimum Gasteiger partial charge on any atom is -0.423 e. The first-order valence-corrected chi connectivity index (χ1v) is 6.22. The molecule has 0 amide bonds. The Hall–Kier alpha value is -2.36. The Labute approximate surface area is 117 Å². The van der Waals surface area contributed by atoms with Crippen LogP contribution in [0, 0.1) is 13.5 Å². The fourth-order valence-electron chi connectivity index (χ4n) is 2.20. The van der Waals surface area contributed by atoms with Crippen molar-refractivity contribution in [3.05, 3.63) is 53.0 Å². The van der Waals surface area contributed by atoms with Crippen LogP contribution in [0.1, 0.15) is 11.3 Å². The molecule has 20 heavy (non-hydrogen) atoms. The van der Waals surface area contributed by atoms with Gasteiger partial charge >= 0.3 is 7.12 Å². The molecule has 98 valence electrons. The van der Waals surface area contributed by atoms with E-state index in [0.29, 0.717) is 23.8 Å². The molecule has 0 saturated heterocycles. The highest BCUT2D eigenvalue weighted by Gasteiger charge is 2.26. The summed E-state index contributed by atoms with van der Waals surface area (Å²) in [5, 5.41) is 12.8. The quantitative estimate of drug-likeness (QED) is 0.643. The van der Waals surface area contributed by atoms with Crippen LogP contribution >= 0.6 is 0 Å². The molecule has 1 aliphatic heterocycles. The number of rotatable bonds is 2. The summed E-state index contributed by atoms with van der Waals surface area (Å²) < 4.78 is 5.16. The maximum Gasteiger partial charge on any atom is 0.491 e. The van der Waals surface area contributed by atoms with Crippen LogP contribution < -0.4 is 10.8 Å². The zero-order valence-electron chi connectivity index (χ0n) is 10.9. The van der Waals surface area contributed by atoms with Crippen LogP contribution in [-0.2, 0) is 11.3 Å². The Bertz CT molecular complexity index is 712. The summed E-state index contributed by atoms with van der Waals surface area (Å²) >= 11 is 0. The molecular formula is C14H12BN3O2. The molecule has 0 fully saturated rings. The first-order chi connectivity index (χ1) is 9.67. The molecule has 0 radical (unpaired) electrons. The number of nitrogens with zero attached hydrogens (tertiary/aromatic N) is 2. The van der Waals surface area contributed by atoms with E-state index < -0.39 is 7.12 Å². The van der Waals surface area contributed by atoms with E-state index in [9.17, 15) is 5.02 Å². The van der Waals surface area contributed by atoms with Crippen LogP contribution in [-0.4, -0.2) is 17.1 Å². The predicted octanol–water partition coefficient (Wildman–Crippen LogP) is 1.90. The highest BCUT2D eigenvalue weighted by atomic mass is 16.5. The van der Waals surface area contributed by atoms with Crippen molar-refractivity contribution in [2.45, 2.75) is 13.5 Å². The molecule has 2 aromatic rings. The van der Waals surface area contributed by atoms with Gasteiger partial charge in [-0.3, -0.25) is 0 Å². The minimum atomic E-state index is -0.822. The summed E-state index contributed by atoms with van der Waals surface area (Å²) in [5.74, 6) is 0.689. The molecule has 1 aromatic heterocycles. The number of aromatic nitrogens is 1. The van der Waals surface area contributed by atoms with Crippen LogP contribution in [0.2, 0.25) is 0 Å². The second-order valence-corrected chi connectivity index (χ2v) is 4.61. The smallest absolute Gasteiger partial charge is 0.423 e. The molecule has 0 unspecified atom stereocenters. The van der Waals surface area contributed by atoms with Gasteiger partial charge in [0.2, 0.25) is 5.69 Å². The molecule has 2 N–H and O–H groups in total. The van der Waals surface area contributed by atoms with E-state index in [2.05, 4.69) is 15.1 Å². The van der Waals surface area contributed by atoms with Crippen LogP contribution in [0.15, 0.2) is 30.3 Å². The Morgan fingerprint density at radius 3 is 3.00 bits per heavy atom. The molecule has 1 aromatic carbocycles. The maximum absolute atomic E-state index is 9.57. The molecule has 3 rings (SSSR count). The SMILES string of the molecule is [C-]#[N+]c1ccc(Nc2ccc3c(c2)COB3O)nc1C. The zero-order valence-corrected chi connectivity index (χ0v) is 10.9. The highest BCUT2D eigenvalue weighted by molar-refractivity contribution is 6.61. The minimum absolute atomic E-state index is 0.412. The second kappa shape index (κ2) is 4.97. The Balaban J connectivity index is 1.85. The summed E-state index contributed by atoms with van der Waals surface area (Å²) in [6.07, 6.45) is 0. The van der Waals surface area contributed by atoms with Crippen molar-refractivity contribution in [1.29, 1.82) is 0 Å². The third kappa shape index (κ3) is 2.25. The maximum atomic E-state index is 9.57. The first-order valence-electron chi connectivity index (χ1n) is 6.22. The van der Waals surface area contributed by atoms with Crippen molar-refractivity contribution < 1.29 is 9.68 Å². The number of nitrogens with one attached hydrogen (secondary N) is 1. The number of hydrogen-bond donors (Lipinski definition) is 2. The summed E-state index contributed by atoms with van der Waals surface area (Å²) in [6, 6.07) is 9.18. The van der Waals surface area contributed by atoms with Gasteiger partial charge in [-0.1, -0.05) is 12.1 Å². The standard InChI is InChI=1S/C14H12BN3O2/c1-9-13(16-2)5-6-14(17-9)18-11-3-4-12-10(7-11)8-20-15(12)19/h3-7,19H,8H2,1H3,(H,17,18). The van der Waals surface area contributed by atoms with Crippen molar-refractivity contribution in [1.82, 2.24) is 4.98 Å². The van der Waals surface area contributed by atoms with E-state index in [4.69, 9.17) is 11.2 Å². The third-order valence-corrected chi connectivity index (χ3v) is 3.26. The van der Waals surface area contributed by atoms with E-state index in [1.165, 1.54) is 0 Å². The molecule has 6 heteroatoms. The summed E-state index contributed by atoms with van der Waals surface area (Å²) in [4.78, 5) is 7.73. The van der Waals surface area contributed by atoms with E-state index in [1.807, 2.05) is 25.1 Å². The Morgan fingerprint density at radius 2 is 2.25 bits per heavy atom. The van der Waals surface area contributed by atoms with Gasteiger partial charge in [0.15, 0.2) is 0 Å². The fourth-order valence-corrected chi connectivity index (χ4v) is 2.20. The first kappa shape index (κ1) is 12.7. The Kier molecular flexibility index (Phi) is 3.14. The van der Waals surface area contributed by atoms with Crippen LogP contribution in [0.5, 0.6) is 0 Å². The van der Waals surface area contributed by atoms with Crippen LogP contribution in [0.25, 0.3) is 4.85 Å². The summed E-state index contributed by atoms with van der Waals surface area (Å²) in [5.41, 5.74) is 3.91. The third-order valence-electron chi connectivity index (χ3n) is 3.26. The number of aryl methyl sites for hydroxylation is 1. The average molecular weight is 265 g/mol. The fraction of sp³-hybridized carbons (Fsp3) is 0.143. The number of pyridine rings is 1. The number of anilines is 2. The van der Waals surface area contributed by atoms with Gasteiger partial charge in [0.05, 0.1) is 13.2 Å². The molecule has 2 heterocycles. The molecule has 0 bridgehead atoms. The number of hydrogen-bond acceptors (Lipinski definition) is 4. The number of benzene rings is 1. The van der Waals surface area contributed by atoms with Crippen molar-refractivity contribution >= 4 is 29.8 Å². The van der Waals surface area contributed by atoms with Crippen LogP contribution in [0.3, 0.4) is 0 Å². The number of fused-ring (bicyclic) bond motifs is 1. The van der Waals surface area contributed by atoms with Gasteiger partial charge in [0.25, 0.3) is 0 Å². The van der Waals surface area contributed by atoms with Gasteiger partial charge < -0.3 is 15.0 Å². The highest BCUT2D eigenvalue weighted by Crippen LogP contribution is 2.22. The van der Waals surface area contributed by atoms with E-state index in [1.54, 1.807) is 12.1 Å².